The number of rotatable bonds is 4. The van der Waals surface area contributed by atoms with Gasteiger partial charge in [0.1, 0.15) is 11.2 Å². The lowest BCUT2D eigenvalue weighted by Gasteiger charge is -2.11. The van der Waals surface area contributed by atoms with E-state index in [1.165, 1.54) is 38.6 Å². The van der Waals surface area contributed by atoms with Gasteiger partial charge in [-0.25, -0.2) is 15.0 Å². The average Bonchev–Trinajstić information content (AvgIpc) is 3.69. The van der Waals surface area contributed by atoms with Gasteiger partial charge in [0, 0.05) is 27.5 Å². The number of hydrogen-bond donors (Lipinski definition) is 0. The minimum absolute atomic E-state index is 0.613. The van der Waals surface area contributed by atoms with Gasteiger partial charge in [0.25, 0.3) is 0 Å². The quantitative estimate of drug-likeness (QED) is 0.202. The molecule has 0 unspecified atom stereocenters. The molecule has 0 N–H and O–H groups in total. The van der Waals surface area contributed by atoms with E-state index < -0.39 is 0 Å². The normalized spacial score (nSPS) is 11.8. The number of benzene rings is 7. The van der Waals surface area contributed by atoms with E-state index in [0.29, 0.717) is 17.5 Å². The Morgan fingerprint density at radius 1 is 0.298 bits per heavy atom. The fraction of sp³-hybridized carbons (Fsp3) is 0. The van der Waals surface area contributed by atoms with Crippen molar-refractivity contribution in [2.75, 3.05) is 0 Å². The molecule has 2 aromatic heterocycles. The highest BCUT2D eigenvalue weighted by Crippen LogP contribution is 2.49. The van der Waals surface area contributed by atoms with Crippen LogP contribution in [0.25, 0.3) is 100 Å². The molecule has 4 nitrogen and oxygen atoms in total. The van der Waals surface area contributed by atoms with Gasteiger partial charge in [-0.05, 0) is 56.3 Å². The molecule has 218 valence electrons. The van der Waals surface area contributed by atoms with Crippen LogP contribution >= 0.6 is 0 Å². The van der Waals surface area contributed by atoms with E-state index in [1.807, 2.05) is 60.7 Å². The second-order valence-electron chi connectivity index (χ2n) is 12.0. The summed E-state index contributed by atoms with van der Waals surface area (Å²) in [6, 6.07) is 52.7. The Morgan fingerprint density at radius 2 is 0.830 bits per heavy atom. The minimum atomic E-state index is 0.613. The number of hydrogen-bond acceptors (Lipinski definition) is 4. The molecule has 0 radical (unpaired) electrons. The van der Waals surface area contributed by atoms with Crippen LogP contribution in [0.3, 0.4) is 0 Å². The van der Waals surface area contributed by atoms with Crippen LogP contribution in [0.4, 0.5) is 0 Å². The molecule has 0 saturated carbocycles. The van der Waals surface area contributed by atoms with E-state index in [4.69, 9.17) is 19.4 Å². The van der Waals surface area contributed by atoms with Gasteiger partial charge in [-0.3, -0.25) is 0 Å². The monoisotopic (exact) mass is 599 g/mol. The van der Waals surface area contributed by atoms with Crippen LogP contribution in [0.2, 0.25) is 0 Å². The van der Waals surface area contributed by atoms with Crippen LogP contribution in [-0.2, 0) is 0 Å². The molecule has 0 atom stereocenters. The van der Waals surface area contributed by atoms with E-state index in [1.54, 1.807) is 0 Å². The Morgan fingerprint density at radius 3 is 1.64 bits per heavy atom. The zero-order valence-electron chi connectivity index (χ0n) is 25.2. The van der Waals surface area contributed by atoms with Crippen molar-refractivity contribution >= 4 is 32.7 Å². The first-order valence-electron chi connectivity index (χ1n) is 15.8. The Labute approximate surface area is 270 Å². The van der Waals surface area contributed by atoms with Crippen LogP contribution in [0.5, 0.6) is 0 Å². The highest BCUT2D eigenvalue weighted by molar-refractivity contribution is 6.18. The molecule has 4 heteroatoms. The third-order valence-corrected chi connectivity index (χ3v) is 9.31. The molecule has 2 heterocycles. The summed E-state index contributed by atoms with van der Waals surface area (Å²) in [6.07, 6.45) is 0. The van der Waals surface area contributed by atoms with Gasteiger partial charge >= 0.3 is 0 Å². The molecule has 0 spiro atoms. The van der Waals surface area contributed by atoms with Gasteiger partial charge in [0.15, 0.2) is 17.5 Å². The molecule has 0 fully saturated rings. The summed E-state index contributed by atoms with van der Waals surface area (Å²) in [5.41, 5.74) is 12.0. The first-order chi connectivity index (χ1) is 23.3. The van der Waals surface area contributed by atoms with E-state index in [2.05, 4.69) is 91.0 Å². The van der Waals surface area contributed by atoms with Crippen LogP contribution < -0.4 is 0 Å². The van der Waals surface area contributed by atoms with Crippen LogP contribution in [0.1, 0.15) is 0 Å². The molecule has 0 aliphatic heterocycles. The maximum absolute atomic E-state index is 6.20. The molecule has 0 amide bonds. The second kappa shape index (κ2) is 10.1. The standard InChI is InChI=1S/C43H25N3O/c1-2-10-27(11-3-1)41-44-42(46-43(45-41)36-17-9-19-38-40(36)35-14-6-7-18-37(35)47-38)28-22-20-26(21-23-28)29-24-25-34-31-13-5-4-12-30(31)33-16-8-15-32(29)39(33)34/h1-25H. The Kier molecular flexibility index (Phi) is 5.54. The Bertz CT molecular complexity index is 2640. The van der Waals surface area contributed by atoms with Crippen molar-refractivity contribution < 1.29 is 4.42 Å². The van der Waals surface area contributed by atoms with E-state index in [-0.39, 0.29) is 0 Å². The fourth-order valence-corrected chi connectivity index (χ4v) is 7.16. The smallest absolute Gasteiger partial charge is 0.164 e. The van der Waals surface area contributed by atoms with E-state index >= 15 is 0 Å². The summed E-state index contributed by atoms with van der Waals surface area (Å²) in [6.45, 7) is 0. The molecular weight excluding hydrogens is 574 g/mol. The fourth-order valence-electron chi connectivity index (χ4n) is 7.16. The summed E-state index contributed by atoms with van der Waals surface area (Å²) in [4.78, 5) is 15.1. The average molecular weight is 600 g/mol. The second-order valence-corrected chi connectivity index (χ2v) is 12.0. The Hall–Kier alpha value is -6.39. The van der Waals surface area contributed by atoms with Crippen LogP contribution in [-0.4, -0.2) is 15.0 Å². The molecule has 0 saturated heterocycles. The van der Waals surface area contributed by atoms with Crippen LogP contribution in [0, 0.1) is 0 Å². The van der Waals surface area contributed by atoms with Crippen molar-refractivity contribution in [2.24, 2.45) is 0 Å². The zero-order valence-corrected chi connectivity index (χ0v) is 25.2. The number of para-hydroxylation sites is 1. The summed E-state index contributed by atoms with van der Waals surface area (Å²) in [7, 11) is 0. The molecule has 10 rings (SSSR count). The molecule has 0 bridgehead atoms. The predicted octanol–water partition coefficient (Wildman–Crippen LogP) is 11.2. The number of fused-ring (bicyclic) bond motifs is 6. The molecule has 1 aliphatic carbocycles. The van der Waals surface area contributed by atoms with Crippen molar-refractivity contribution in [2.45, 2.75) is 0 Å². The van der Waals surface area contributed by atoms with Crippen LogP contribution in [0.15, 0.2) is 156 Å². The minimum Gasteiger partial charge on any atom is -0.456 e. The van der Waals surface area contributed by atoms with Gasteiger partial charge in [0.2, 0.25) is 0 Å². The van der Waals surface area contributed by atoms with Crippen molar-refractivity contribution in [1.82, 2.24) is 15.0 Å². The lowest BCUT2D eigenvalue weighted by molar-refractivity contribution is 0.669. The summed E-state index contributed by atoms with van der Waals surface area (Å²) in [5, 5.41) is 4.63. The van der Waals surface area contributed by atoms with Gasteiger partial charge in [0.05, 0.1) is 0 Å². The van der Waals surface area contributed by atoms with Gasteiger partial charge in [-0.1, -0.05) is 140 Å². The molecular formula is C43H25N3O. The lowest BCUT2D eigenvalue weighted by atomic mass is 9.94. The molecule has 9 aromatic rings. The highest BCUT2D eigenvalue weighted by Gasteiger charge is 2.22. The van der Waals surface area contributed by atoms with Gasteiger partial charge in [-0.15, -0.1) is 0 Å². The predicted molar refractivity (Wildman–Crippen MR) is 191 cm³/mol. The summed E-state index contributed by atoms with van der Waals surface area (Å²) < 4.78 is 6.20. The molecule has 7 aromatic carbocycles. The SMILES string of the molecule is c1ccc(-c2nc(-c3ccc(-c4ccc5c6c(cccc46)-c4ccccc4-5)cc3)nc(-c3cccc4oc5ccccc5c34)n2)cc1. The number of aromatic nitrogens is 3. The van der Waals surface area contributed by atoms with Crippen molar-refractivity contribution in [3.8, 4) is 67.5 Å². The van der Waals surface area contributed by atoms with Gasteiger partial charge in [-0.2, -0.15) is 0 Å². The van der Waals surface area contributed by atoms with Crippen molar-refractivity contribution in [1.29, 1.82) is 0 Å². The molecule has 1 aliphatic rings. The summed E-state index contributed by atoms with van der Waals surface area (Å²) in [5.74, 6) is 1.87. The topological polar surface area (TPSA) is 51.8 Å². The largest absolute Gasteiger partial charge is 0.456 e. The molecule has 47 heavy (non-hydrogen) atoms. The van der Waals surface area contributed by atoms with Crippen molar-refractivity contribution in [3.63, 3.8) is 0 Å². The van der Waals surface area contributed by atoms with E-state index in [0.717, 1.165) is 44.2 Å². The maximum atomic E-state index is 6.20. The number of nitrogens with zero attached hydrogens (tertiary/aromatic N) is 3. The highest BCUT2D eigenvalue weighted by atomic mass is 16.3. The first-order valence-corrected chi connectivity index (χ1v) is 15.8. The third-order valence-electron chi connectivity index (χ3n) is 9.31. The van der Waals surface area contributed by atoms with Crippen molar-refractivity contribution in [3.05, 3.63) is 152 Å². The first kappa shape index (κ1) is 25.9. The zero-order chi connectivity index (χ0) is 30.9. The third kappa shape index (κ3) is 3.98. The van der Waals surface area contributed by atoms with Gasteiger partial charge < -0.3 is 4.42 Å². The number of furan rings is 1. The summed E-state index contributed by atoms with van der Waals surface area (Å²) >= 11 is 0. The maximum Gasteiger partial charge on any atom is 0.164 e. The lowest BCUT2D eigenvalue weighted by Crippen LogP contribution is -2.00. The van der Waals surface area contributed by atoms with E-state index in [9.17, 15) is 0 Å². The Balaban J connectivity index is 1.12.